The van der Waals surface area contributed by atoms with E-state index in [0.29, 0.717) is 13.0 Å². The van der Waals surface area contributed by atoms with Gasteiger partial charge in [-0.15, -0.1) is 0 Å². The Kier molecular flexibility index (Phi) is 4.39. The zero-order chi connectivity index (χ0) is 20.9. The first-order valence-electron chi connectivity index (χ1n) is 10.7. The fourth-order valence-electron chi connectivity index (χ4n) is 4.76. The minimum Gasteiger partial charge on any atom is -0.492 e. The predicted octanol–water partition coefficient (Wildman–Crippen LogP) is 5.72. The number of hydrogen-bond donors (Lipinski definition) is 0. The summed E-state index contributed by atoms with van der Waals surface area (Å²) in [4.78, 5) is 20.0. The lowest BCUT2D eigenvalue weighted by molar-refractivity contribution is -0.128. The van der Waals surface area contributed by atoms with Gasteiger partial charge >= 0.3 is 0 Å². The van der Waals surface area contributed by atoms with Crippen molar-refractivity contribution in [1.82, 2.24) is 4.90 Å². The summed E-state index contributed by atoms with van der Waals surface area (Å²) < 4.78 is 6.32. The zero-order valence-corrected chi connectivity index (χ0v) is 18.1. The molecular weight excluding hydrogens is 404 g/mol. The summed E-state index contributed by atoms with van der Waals surface area (Å²) in [5.41, 5.74) is 5.50. The fraction of sp³-hybridized carbons (Fsp3) is 0.231. The molecule has 5 heteroatoms. The molecule has 0 saturated carbocycles. The largest absolute Gasteiger partial charge is 0.492 e. The van der Waals surface area contributed by atoms with Gasteiger partial charge in [-0.05, 0) is 29.5 Å². The maximum Gasteiger partial charge on any atom is 0.230 e. The first-order chi connectivity index (χ1) is 15.2. The fourth-order valence-corrected chi connectivity index (χ4v) is 5.72. The normalized spacial score (nSPS) is 20.4. The Morgan fingerprint density at radius 1 is 1.03 bits per heavy atom. The van der Waals surface area contributed by atoms with Gasteiger partial charge in [0.25, 0.3) is 0 Å². The second-order valence-electron chi connectivity index (χ2n) is 8.21. The van der Waals surface area contributed by atoms with Gasteiger partial charge in [-0.2, -0.15) is 0 Å². The van der Waals surface area contributed by atoms with Crippen molar-refractivity contribution in [3.63, 3.8) is 0 Å². The molecule has 1 amide bonds. The van der Waals surface area contributed by atoms with E-state index in [1.165, 1.54) is 5.56 Å². The molecule has 0 aliphatic carbocycles. The van der Waals surface area contributed by atoms with Crippen LogP contribution in [0.5, 0.6) is 5.75 Å². The van der Waals surface area contributed by atoms with Crippen LogP contribution in [0, 0.1) is 6.92 Å². The van der Waals surface area contributed by atoms with Crippen molar-refractivity contribution < 1.29 is 9.53 Å². The summed E-state index contributed by atoms with van der Waals surface area (Å²) in [6.07, 6.45) is 1.29. The number of nitrogens with zero attached hydrogens (tertiary/aromatic N) is 2. The van der Waals surface area contributed by atoms with Crippen molar-refractivity contribution >= 4 is 39.3 Å². The summed E-state index contributed by atoms with van der Waals surface area (Å²) in [5, 5.41) is 3.07. The van der Waals surface area contributed by atoms with Crippen LogP contribution in [-0.4, -0.2) is 28.3 Å². The van der Waals surface area contributed by atoms with E-state index in [-0.39, 0.29) is 11.9 Å². The summed E-state index contributed by atoms with van der Waals surface area (Å²) >= 11 is 1.67. The van der Waals surface area contributed by atoms with Gasteiger partial charge in [0.05, 0.1) is 18.3 Å². The molecule has 3 aliphatic heterocycles. The zero-order valence-electron chi connectivity index (χ0n) is 17.3. The Morgan fingerprint density at radius 2 is 1.87 bits per heavy atom. The first kappa shape index (κ1) is 18.7. The molecule has 31 heavy (non-hydrogen) atoms. The Balaban J connectivity index is 1.61. The standard InChI is InChI=1S/C26H22N2O2S/c1-16-6-8-18(9-7-16)24-20-12-14-30-25-19-5-3-2-4-17(19)10-11-21(25)23(20)27-26-28(24)22(29)13-15-31-26/h2-11,24H,12-15H2,1H3. The average molecular weight is 427 g/mol. The molecule has 3 aromatic rings. The van der Waals surface area contributed by atoms with E-state index in [1.807, 2.05) is 17.0 Å². The third-order valence-corrected chi connectivity index (χ3v) is 7.22. The molecule has 1 atom stereocenters. The number of rotatable bonds is 1. The number of amides is 1. The van der Waals surface area contributed by atoms with E-state index >= 15 is 0 Å². The van der Waals surface area contributed by atoms with Crippen LogP contribution in [0.25, 0.3) is 16.5 Å². The number of benzene rings is 3. The monoisotopic (exact) mass is 426 g/mol. The van der Waals surface area contributed by atoms with Crippen LogP contribution < -0.4 is 4.74 Å². The number of carbonyl (C=O) groups excluding carboxylic acids is 1. The third kappa shape index (κ3) is 2.99. The van der Waals surface area contributed by atoms with Gasteiger partial charge in [0.15, 0.2) is 5.17 Å². The lowest BCUT2D eigenvalue weighted by Gasteiger charge is -2.40. The molecule has 3 aliphatic rings. The highest BCUT2D eigenvalue weighted by molar-refractivity contribution is 8.14. The third-order valence-electron chi connectivity index (χ3n) is 6.27. The van der Waals surface area contributed by atoms with Gasteiger partial charge in [0.1, 0.15) is 5.75 Å². The minimum absolute atomic E-state index is 0.135. The van der Waals surface area contributed by atoms with Crippen molar-refractivity contribution in [3.05, 3.63) is 82.9 Å². The molecule has 0 aromatic heterocycles. The molecule has 154 valence electrons. The van der Waals surface area contributed by atoms with E-state index in [9.17, 15) is 4.79 Å². The molecule has 0 spiro atoms. The molecule has 3 heterocycles. The number of carbonyl (C=O) groups is 1. The highest BCUT2D eigenvalue weighted by Crippen LogP contribution is 2.48. The molecule has 3 aromatic carbocycles. The Bertz CT molecular complexity index is 1280. The van der Waals surface area contributed by atoms with E-state index in [1.54, 1.807) is 11.8 Å². The van der Waals surface area contributed by atoms with Gasteiger partial charge in [-0.1, -0.05) is 71.9 Å². The molecular formula is C26H22N2O2S. The highest BCUT2D eigenvalue weighted by Gasteiger charge is 2.40. The lowest BCUT2D eigenvalue weighted by atomic mass is 9.89. The lowest BCUT2D eigenvalue weighted by Crippen LogP contribution is -2.44. The summed E-state index contributed by atoms with van der Waals surface area (Å²) in [6, 6.07) is 21.0. The van der Waals surface area contributed by atoms with E-state index in [2.05, 4.69) is 55.5 Å². The van der Waals surface area contributed by atoms with Crippen LogP contribution in [0.15, 0.2) is 71.2 Å². The molecule has 1 saturated heterocycles. The molecule has 6 rings (SSSR count). The maximum atomic E-state index is 13.0. The second kappa shape index (κ2) is 7.27. The van der Waals surface area contributed by atoms with Crippen molar-refractivity contribution in [2.45, 2.75) is 25.8 Å². The molecule has 1 fully saturated rings. The van der Waals surface area contributed by atoms with E-state index in [4.69, 9.17) is 9.73 Å². The number of hydrogen-bond acceptors (Lipinski definition) is 4. The van der Waals surface area contributed by atoms with Gasteiger partial charge < -0.3 is 4.74 Å². The number of ether oxygens (including phenoxy) is 1. The first-order valence-corrected chi connectivity index (χ1v) is 11.7. The van der Waals surface area contributed by atoms with Crippen LogP contribution in [0.1, 0.15) is 35.6 Å². The Hall–Kier alpha value is -3.05. The second-order valence-corrected chi connectivity index (χ2v) is 9.27. The quantitative estimate of drug-likeness (QED) is 0.500. The smallest absolute Gasteiger partial charge is 0.230 e. The van der Waals surface area contributed by atoms with Gasteiger partial charge in [-0.25, -0.2) is 4.99 Å². The van der Waals surface area contributed by atoms with Crippen LogP contribution in [0.3, 0.4) is 0 Å². The molecule has 4 nitrogen and oxygen atoms in total. The van der Waals surface area contributed by atoms with Crippen molar-refractivity contribution in [2.75, 3.05) is 12.4 Å². The van der Waals surface area contributed by atoms with E-state index in [0.717, 1.165) is 56.3 Å². The number of aliphatic imine (C=N–C) groups is 1. The Labute approximate surface area is 185 Å². The van der Waals surface area contributed by atoms with Crippen LogP contribution in [0.2, 0.25) is 0 Å². The predicted molar refractivity (Wildman–Crippen MR) is 126 cm³/mol. The minimum atomic E-state index is -0.135. The van der Waals surface area contributed by atoms with Gasteiger partial charge in [0, 0.05) is 29.5 Å². The van der Waals surface area contributed by atoms with Crippen LogP contribution >= 0.6 is 11.8 Å². The van der Waals surface area contributed by atoms with Gasteiger partial charge in [-0.3, -0.25) is 9.69 Å². The number of thioether (sulfide) groups is 1. The number of fused-ring (bicyclic) bond motifs is 5. The summed E-state index contributed by atoms with van der Waals surface area (Å²) in [6.45, 7) is 2.66. The SMILES string of the molecule is Cc1ccc(C2C3=C(N=C4SCCC(=O)N42)c2ccc4ccccc4c2OCC3)cc1. The van der Waals surface area contributed by atoms with Crippen LogP contribution in [0.4, 0.5) is 0 Å². The molecule has 0 bridgehead atoms. The molecule has 1 unspecified atom stereocenters. The van der Waals surface area contributed by atoms with Crippen molar-refractivity contribution in [2.24, 2.45) is 4.99 Å². The topological polar surface area (TPSA) is 41.9 Å². The van der Waals surface area contributed by atoms with E-state index < -0.39 is 0 Å². The molecule has 0 N–H and O–H groups in total. The maximum absolute atomic E-state index is 13.0. The summed E-state index contributed by atoms with van der Waals surface area (Å²) in [5.74, 6) is 1.83. The molecule has 0 radical (unpaired) electrons. The highest BCUT2D eigenvalue weighted by atomic mass is 32.2. The number of amidine groups is 1. The van der Waals surface area contributed by atoms with Crippen molar-refractivity contribution in [1.29, 1.82) is 0 Å². The number of aryl methyl sites for hydroxylation is 1. The Morgan fingerprint density at radius 3 is 2.74 bits per heavy atom. The summed E-state index contributed by atoms with van der Waals surface area (Å²) in [7, 11) is 0. The van der Waals surface area contributed by atoms with Crippen LogP contribution in [-0.2, 0) is 4.79 Å². The van der Waals surface area contributed by atoms with Crippen molar-refractivity contribution in [3.8, 4) is 5.75 Å². The van der Waals surface area contributed by atoms with Gasteiger partial charge in [0.2, 0.25) is 5.91 Å². The average Bonchev–Trinajstić information content (AvgIpc) is 2.98.